The summed E-state index contributed by atoms with van der Waals surface area (Å²) in [6, 6.07) is 9.48. The summed E-state index contributed by atoms with van der Waals surface area (Å²) in [5, 5.41) is 2.66. The first-order chi connectivity index (χ1) is 26.6. The van der Waals surface area contributed by atoms with Crippen LogP contribution in [0.1, 0.15) is 63.1 Å². The SMILES string of the molecule is CCOC(=O)N1CCN(C2(C)CCN(C(=O)C(Cc3cc(Cl)c(N)c(C(F)(F)F)c3)OC(=O)N3CCC(N4CCc5ccccc5NC4=O)CC3)CC2)C(C)C1. The van der Waals surface area contributed by atoms with Gasteiger partial charge in [0.15, 0.2) is 6.10 Å². The van der Waals surface area contributed by atoms with Crippen molar-refractivity contribution in [2.45, 2.75) is 89.2 Å². The average molecular weight is 806 g/mol. The highest BCUT2D eigenvalue weighted by Crippen LogP contribution is 2.39. The molecule has 56 heavy (non-hydrogen) atoms. The van der Waals surface area contributed by atoms with Gasteiger partial charge in [-0.25, -0.2) is 14.4 Å². The molecule has 4 aliphatic rings. The number of piperidine rings is 2. The van der Waals surface area contributed by atoms with Gasteiger partial charge in [0.05, 0.1) is 22.9 Å². The monoisotopic (exact) mass is 805 g/mol. The topological polar surface area (TPSA) is 141 Å². The van der Waals surface area contributed by atoms with Crippen molar-refractivity contribution in [3.05, 3.63) is 58.1 Å². The molecule has 5 amide bonds. The molecule has 6 rings (SSSR count). The van der Waals surface area contributed by atoms with E-state index in [-0.39, 0.29) is 59.8 Å². The molecule has 3 saturated heterocycles. The number of carbonyl (C=O) groups is 4. The number of ether oxygens (including phenoxy) is 2. The molecule has 17 heteroatoms. The molecule has 4 heterocycles. The Balaban J connectivity index is 1.13. The second-order valence-corrected chi connectivity index (χ2v) is 15.8. The number of nitrogens with one attached hydrogen (secondary N) is 1. The number of hydrogen-bond acceptors (Lipinski definition) is 8. The lowest BCUT2D eigenvalue weighted by atomic mass is 9.85. The van der Waals surface area contributed by atoms with Crippen LogP contribution in [0.4, 0.5) is 38.9 Å². The van der Waals surface area contributed by atoms with Gasteiger partial charge in [-0.1, -0.05) is 29.8 Å². The van der Waals surface area contributed by atoms with E-state index in [0.717, 1.165) is 17.3 Å². The van der Waals surface area contributed by atoms with Crippen LogP contribution < -0.4 is 11.1 Å². The molecule has 3 fully saturated rings. The highest BCUT2D eigenvalue weighted by atomic mass is 35.5. The minimum absolute atomic E-state index is 0.0430. The van der Waals surface area contributed by atoms with Crippen molar-refractivity contribution in [1.29, 1.82) is 0 Å². The molecule has 0 aliphatic carbocycles. The van der Waals surface area contributed by atoms with Gasteiger partial charge in [-0.15, -0.1) is 0 Å². The van der Waals surface area contributed by atoms with E-state index in [1.165, 1.54) is 11.0 Å². The number of rotatable bonds is 7. The number of halogens is 4. The van der Waals surface area contributed by atoms with E-state index in [2.05, 4.69) is 24.1 Å². The average Bonchev–Trinajstić information content (AvgIpc) is 3.33. The number of fused-ring (bicyclic) bond motifs is 1. The summed E-state index contributed by atoms with van der Waals surface area (Å²) >= 11 is 6.15. The number of urea groups is 1. The number of piperazine rings is 1. The zero-order chi connectivity index (χ0) is 40.4. The Morgan fingerprint density at radius 1 is 0.982 bits per heavy atom. The number of benzene rings is 2. The van der Waals surface area contributed by atoms with Gasteiger partial charge < -0.3 is 40.1 Å². The lowest BCUT2D eigenvalue weighted by molar-refractivity contribution is -0.144. The van der Waals surface area contributed by atoms with Crippen molar-refractivity contribution >= 4 is 47.1 Å². The van der Waals surface area contributed by atoms with Gasteiger partial charge in [-0.3, -0.25) is 9.69 Å². The number of carbonyl (C=O) groups excluding carboxylic acids is 4. The Labute approximate surface area is 330 Å². The van der Waals surface area contributed by atoms with Gasteiger partial charge in [-0.05, 0) is 82.2 Å². The highest BCUT2D eigenvalue weighted by Gasteiger charge is 2.44. The van der Waals surface area contributed by atoms with E-state index >= 15 is 0 Å². The Morgan fingerprint density at radius 2 is 1.68 bits per heavy atom. The highest BCUT2D eigenvalue weighted by molar-refractivity contribution is 6.33. The van der Waals surface area contributed by atoms with Crippen LogP contribution in [0.3, 0.4) is 0 Å². The largest absolute Gasteiger partial charge is 0.450 e. The third-order valence-electron chi connectivity index (χ3n) is 11.7. The molecule has 0 bridgehead atoms. The Bertz CT molecular complexity index is 1780. The van der Waals surface area contributed by atoms with E-state index in [1.807, 2.05) is 24.3 Å². The summed E-state index contributed by atoms with van der Waals surface area (Å²) in [6.07, 6.45) is -4.84. The predicted octanol–water partition coefficient (Wildman–Crippen LogP) is 6.09. The third-order valence-corrected chi connectivity index (χ3v) is 12.1. The molecule has 0 aromatic heterocycles. The molecule has 0 saturated carbocycles. The van der Waals surface area contributed by atoms with E-state index in [4.69, 9.17) is 26.8 Å². The van der Waals surface area contributed by atoms with Crippen LogP contribution in [0.5, 0.6) is 0 Å². The fraction of sp³-hybridized carbons (Fsp3) is 0.590. The molecule has 306 valence electrons. The summed E-state index contributed by atoms with van der Waals surface area (Å²) in [6.45, 7) is 9.63. The number of alkyl halides is 3. The Kier molecular flexibility index (Phi) is 12.5. The molecule has 4 aliphatic heterocycles. The van der Waals surface area contributed by atoms with Crippen molar-refractivity contribution in [3.8, 4) is 0 Å². The maximum Gasteiger partial charge on any atom is 0.418 e. The predicted molar refractivity (Wildman–Crippen MR) is 204 cm³/mol. The minimum atomic E-state index is -4.80. The molecule has 2 atom stereocenters. The van der Waals surface area contributed by atoms with Crippen LogP contribution in [0.25, 0.3) is 0 Å². The van der Waals surface area contributed by atoms with Gasteiger partial charge in [0.2, 0.25) is 0 Å². The summed E-state index contributed by atoms with van der Waals surface area (Å²) in [7, 11) is 0. The second kappa shape index (κ2) is 17.0. The quantitative estimate of drug-likeness (QED) is 0.321. The van der Waals surface area contributed by atoms with Gasteiger partial charge in [0, 0.05) is 82.1 Å². The fourth-order valence-electron chi connectivity index (χ4n) is 8.55. The number of nitrogen functional groups attached to an aromatic ring is 1. The van der Waals surface area contributed by atoms with Crippen molar-refractivity contribution < 1.29 is 41.8 Å². The van der Waals surface area contributed by atoms with Crippen LogP contribution >= 0.6 is 11.6 Å². The molecule has 2 aromatic carbocycles. The molecule has 3 N–H and O–H groups in total. The molecular weight excluding hydrogens is 755 g/mol. The molecule has 2 unspecified atom stereocenters. The molecule has 2 aromatic rings. The Morgan fingerprint density at radius 3 is 2.34 bits per heavy atom. The number of nitrogens with two attached hydrogens (primary N) is 1. The number of para-hydroxylation sites is 1. The summed E-state index contributed by atoms with van der Waals surface area (Å²) in [5.41, 5.74) is 5.51. The smallest absolute Gasteiger partial charge is 0.418 e. The van der Waals surface area contributed by atoms with E-state index in [9.17, 15) is 32.3 Å². The van der Waals surface area contributed by atoms with E-state index in [1.54, 1.807) is 21.6 Å². The Hall–Kier alpha value is -4.44. The molecule has 0 spiro atoms. The number of anilines is 2. The number of amides is 5. The lowest BCUT2D eigenvalue weighted by Crippen LogP contribution is -2.64. The van der Waals surface area contributed by atoms with Gasteiger partial charge in [0.1, 0.15) is 0 Å². The standard InChI is InChI=1S/C39H51ClF3N7O6/c1-4-55-36(53)48-19-20-50(25(2)24-48)38(3)12-17-46(18-13-38)34(51)32(23-26-21-29(39(41,42)43)33(44)30(40)22-26)56-37(54)47-14-10-28(11-15-47)49-16-9-27-7-5-6-8-31(27)45-35(49)52/h5-8,21-22,25,28,32H,4,9-20,23-24,44H2,1-3H3,(H,45,52). The van der Waals surface area contributed by atoms with Crippen molar-refractivity contribution in [1.82, 2.24) is 24.5 Å². The van der Waals surface area contributed by atoms with Crippen LogP contribution in [-0.2, 0) is 33.3 Å². The third kappa shape index (κ3) is 9.06. The molecule has 0 radical (unpaired) electrons. The zero-order valence-electron chi connectivity index (χ0n) is 32.1. The molecule has 13 nitrogen and oxygen atoms in total. The number of hydrogen-bond donors (Lipinski definition) is 2. The first kappa shape index (κ1) is 41.2. The van der Waals surface area contributed by atoms with Crippen LogP contribution in [0, 0.1) is 0 Å². The number of likely N-dealkylation sites (tertiary alicyclic amines) is 2. The first-order valence-electron chi connectivity index (χ1n) is 19.3. The van der Waals surface area contributed by atoms with E-state index in [0.29, 0.717) is 78.0 Å². The van der Waals surface area contributed by atoms with E-state index < -0.39 is 35.5 Å². The van der Waals surface area contributed by atoms with Gasteiger partial charge >= 0.3 is 24.4 Å². The van der Waals surface area contributed by atoms with Crippen LogP contribution in [0.15, 0.2) is 36.4 Å². The fourth-order valence-corrected chi connectivity index (χ4v) is 8.80. The number of nitrogens with zero attached hydrogens (tertiary/aromatic N) is 5. The van der Waals surface area contributed by atoms with Crippen LogP contribution in [-0.4, -0.2) is 131 Å². The normalized spacial score (nSPS) is 21.5. The lowest BCUT2D eigenvalue weighted by Gasteiger charge is -2.52. The summed E-state index contributed by atoms with van der Waals surface area (Å²) in [4.78, 5) is 62.4. The summed E-state index contributed by atoms with van der Waals surface area (Å²) in [5.74, 6) is -0.516. The van der Waals surface area contributed by atoms with Crippen LogP contribution in [0.2, 0.25) is 5.02 Å². The van der Waals surface area contributed by atoms with Gasteiger partial charge in [0.25, 0.3) is 5.91 Å². The second-order valence-electron chi connectivity index (χ2n) is 15.4. The van der Waals surface area contributed by atoms with Crippen molar-refractivity contribution in [2.75, 3.05) is 70.0 Å². The van der Waals surface area contributed by atoms with Gasteiger partial charge in [-0.2, -0.15) is 13.2 Å². The maximum atomic E-state index is 14.2. The first-order valence-corrected chi connectivity index (χ1v) is 19.7. The van der Waals surface area contributed by atoms with Crippen molar-refractivity contribution in [3.63, 3.8) is 0 Å². The maximum absolute atomic E-state index is 14.2. The van der Waals surface area contributed by atoms with Crippen molar-refractivity contribution in [2.24, 2.45) is 0 Å². The summed E-state index contributed by atoms with van der Waals surface area (Å²) < 4.78 is 52.8. The molecular formula is C39H51ClF3N7O6. The zero-order valence-corrected chi connectivity index (χ0v) is 32.8. The minimum Gasteiger partial charge on any atom is -0.450 e.